The molecule has 0 bridgehead atoms. The molecule has 2 aromatic carbocycles. The molecule has 0 unspecified atom stereocenters. The zero-order valence-corrected chi connectivity index (χ0v) is 14.7. The van der Waals surface area contributed by atoms with E-state index in [-0.39, 0.29) is 18.4 Å². The van der Waals surface area contributed by atoms with Crippen LogP contribution in [0.5, 0.6) is 5.75 Å². The first-order valence-electron chi connectivity index (χ1n) is 9.03. The lowest BCUT2D eigenvalue weighted by Crippen LogP contribution is -2.42. The number of nitrogens with zero attached hydrogens (tertiary/aromatic N) is 3. The van der Waals surface area contributed by atoms with E-state index in [0.29, 0.717) is 36.3 Å². The fraction of sp³-hybridized carbons (Fsp3) is 0.286. The maximum absolute atomic E-state index is 13.3. The molecule has 1 saturated heterocycles. The van der Waals surface area contributed by atoms with E-state index < -0.39 is 5.41 Å². The maximum Gasteiger partial charge on any atom is 0.256 e. The number of carbonyl (C=O) groups excluding carboxylic acids is 1. The Morgan fingerprint density at radius 1 is 1.19 bits per heavy atom. The van der Waals surface area contributed by atoms with Crippen LogP contribution >= 0.6 is 0 Å². The predicted octanol–water partition coefficient (Wildman–Crippen LogP) is 2.24. The number of amides is 1. The van der Waals surface area contributed by atoms with Crippen molar-refractivity contribution in [3.8, 4) is 5.75 Å². The van der Waals surface area contributed by atoms with Gasteiger partial charge in [0.1, 0.15) is 11.3 Å². The van der Waals surface area contributed by atoms with Gasteiger partial charge in [-0.2, -0.15) is 0 Å². The van der Waals surface area contributed by atoms with Crippen molar-refractivity contribution in [1.82, 2.24) is 14.9 Å². The first kappa shape index (κ1) is 16.2. The van der Waals surface area contributed by atoms with Crippen LogP contribution in [0.15, 0.2) is 54.9 Å². The Morgan fingerprint density at radius 3 is 2.93 bits per heavy atom. The second-order valence-corrected chi connectivity index (χ2v) is 7.31. The lowest BCUT2D eigenvalue weighted by molar-refractivity contribution is 0.0440. The summed E-state index contributed by atoms with van der Waals surface area (Å²) in [5.41, 5.74) is 2.44. The first-order valence-corrected chi connectivity index (χ1v) is 9.03. The first-order chi connectivity index (χ1) is 13.2. The number of rotatable bonds is 2. The van der Waals surface area contributed by atoms with Gasteiger partial charge in [-0.3, -0.25) is 14.8 Å². The van der Waals surface area contributed by atoms with Crippen LogP contribution in [0, 0.1) is 5.41 Å². The molecule has 2 aliphatic rings. The molecular formula is C21H19N3O3. The minimum absolute atomic E-state index is 0.0227. The molecule has 0 radical (unpaired) electrons. The Labute approximate surface area is 156 Å². The lowest BCUT2D eigenvalue weighted by atomic mass is 9.74. The van der Waals surface area contributed by atoms with Crippen LogP contribution in [0.1, 0.15) is 21.8 Å². The van der Waals surface area contributed by atoms with E-state index in [1.165, 1.54) is 0 Å². The molecule has 3 heterocycles. The van der Waals surface area contributed by atoms with Gasteiger partial charge in [0.25, 0.3) is 5.91 Å². The van der Waals surface area contributed by atoms with Crippen molar-refractivity contribution >= 4 is 16.9 Å². The molecule has 1 amide bonds. The standard InChI is InChI=1S/C21H19N3O3/c25-12-21-11-24(10-16(21)14-4-1-2-7-18(14)27-13-21)20(26)15-5-3-6-17-19(15)23-9-8-22-17/h1-9,16,25H,10-13H2/t16-,21-/m0/s1. The molecule has 1 aromatic heterocycles. The van der Waals surface area contributed by atoms with Crippen molar-refractivity contribution in [3.05, 3.63) is 66.0 Å². The van der Waals surface area contributed by atoms with Crippen LogP contribution < -0.4 is 4.74 Å². The molecule has 0 saturated carbocycles. The highest BCUT2D eigenvalue weighted by atomic mass is 16.5. The van der Waals surface area contributed by atoms with Crippen molar-refractivity contribution in [2.45, 2.75) is 5.92 Å². The van der Waals surface area contributed by atoms with Gasteiger partial charge in [-0.05, 0) is 23.8 Å². The van der Waals surface area contributed by atoms with Crippen LogP contribution in [-0.2, 0) is 0 Å². The summed E-state index contributed by atoms with van der Waals surface area (Å²) in [7, 11) is 0. The number of likely N-dealkylation sites (tertiary alicyclic amines) is 1. The second-order valence-electron chi connectivity index (χ2n) is 7.31. The number of benzene rings is 2. The van der Waals surface area contributed by atoms with Crippen LogP contribution in [0.2, 0.25) is 0 Å². The maximum atomic E-state index is 13.3. The molecular weight excluding hydrogens is 342 g/mol. The fourth-order valence-electron chi connectivity index (χ4n) is 4.36. The summed E-state index contributed by atoms with van der Waals surface area (Å²) in [6, 6.07) is 13.4. The van der Waals surface area contributed by atoms with Crippen molar-refractivity contribution in [2.24, 2.45) is 5.41 Å². The number of carbonyl (C=O) groups is 1. The third-order valence-corrected chi connectivity index (χ3v) is 5.79. The number of hydrogen-bond donors (Lipinski definition) is 1. The third kappa shape index (κ3) is 2.40. The molecule has 6 nitrogen and oxygen atoms in total. The molecule has 1 fully saturated rings. The summed E-state index contributed by atoms with van der Waals surface area (Å²) in [4.78, 5) is 23.8. The van der Waals surface area contributed by atoms with Crippen LogP contribution in [0.3, 0.4) is 0 Å². The van der Waals surface area contributed by atoms with Gasteiger partial charge < -0.3 is 14.7 Å². The van der Waals surface area contributed by atoms with Gasteiger partial charge in [0.15, 0.2) is 0 Å². The highest BCUT2D eigenvalue weighted by Crippen LogP contribution is 2.49. The topological polar surface area (TPSA) is 75.6 Å². The lowest BCUT2D eigenvalue weighted by Gasteiger charge is -2.37. The summed E-state index contributed by atoms with van der Waals surface area (Å²) in [5.74, 6) is 0.815. The molecule has 0 spiro atoms. The minimum atomic E-state index is -0.472. The molecule has 3 aromatic rings. The Bertz CT molecular complexity index is 1030. The highest BCUT2D eigenvalue weighted by Gasteiger charge is 2.52. The van der Waals surface area contributed by atoms with Crippen molar-refractivity contribution in [1.29, 1.82) is 0 Å². The summed E-state index contributed by atoms with van der Waals surface area (Å²) < 4.78 is 5.92. The Morgan fingerprint density at radius 2 is 2.04 bits per heavy atom. The van der Waals surface area contributed by atoms with Crippen molar-refractivity contribution in [3.63, 3.8) is 0 Å². The summed E-state index contributed by atoms with van der Waals surface area (Å²) in [5, 5.41) is 10.2. The number of ether oxygens (including phenoxy) is 1. The minimum Gasteiger partial charge on any atom is -0.493 e. The van der Waals surface area contributed by atoms with Gasteiger partial charge in [-0.15, -0.1) is 0 Å². The smallest absolute Gasteiger partial charge is 0.256 e. The molecule has 1 N–H and O–H groups in total. The van der Waals surface area contributed by atoms with E-state index in [0.717, 1.165) is 11.3 Å². The third-order valence-electron chi connectivity index (χ3n) is 5.79. The molecule has 2 atom stereocenters. The zero-order chi connectivity index (χ0) is 18.4. The van der Waals surface area contributed by atoms with Gasteiger partial charge in [-0.25, -0.2) is 0 Å². The molecule has 5 rings (SSSR count). The van der Waals surface area contributed by atoms with Gasteiger partial charge in [-0.1, -0.05) is 24.3 Å². The normalized spacial score (nSPS) is 23.6. The van der Waals surface area contributed by atoms with Gasteiger partial charge in [0.2, 0.25) is 0 Å². The van der Waals surface area contributed by atoms with Gasteiger partial charge in [0, 0.05) is 31.4 Å². The molecule has 27 heavy (non-hydrogen) atoms. The summed E-state index contributed by atoms with van der Waals surface area (Å²) >= 11 is 0. The Kier molecular flexibility index (Phi) is 3.62. The largest absolute Gasteiger partial charge is 0.493 e. The molecule has 0 aliphatic carbocycles. The Balaban J connectivity index is 1.53. The average Bonchev–Trinajstić information content (AvgIpc) is 3.14. The number of aliphatic hydroxyl groups excluding tert-OH is 1. The molecule has 2 aliphatic heterocycles. The fourth-order valence-corrected chi connectivity index (χ4v) is 4.36. The van der Waals surface area contributed by atoms with E-state index >= 15 is 0 Å². The SMILES string of the molecule is O=C(c1cccc2nccnc12)N1C[C@H]2c3ccccc3OC[C@@]2(CO)C1. The van der Waals surface area contributed by atoms with Crippen LogP contribution in [-0.4, -0.2) is 52.2 Å². The van der Waals surface area contributed by atoms with E-state index in [2.05, 4.69) is 9.97 Å². The summed E-state index contributed by atoms with van der Waals surface area (Å²) in [6.07, 6.45) is 3.22. The zero-order valence-electron chi connectivity index (χ0n) is 14.7. The number of aromatic nitrogens is 2. The van der Waals surface area contributed by atoms with E-state index in [4.69, 9.17) is 4.74 Å². The quantitative estimate of drug-likeness (QED) is 0.758. The van der Waals surface area contributed by atoms with Crippen LogP contribution in [0.4, 0.5) is 0 Å². The molecule has 6 heteroatoms. The van der Waals surface area contributed by atoms with Crippen molar-refractivity contribution < 1.29 is 14.6 Å². The monoisotopic (exact) mass is 361 g/mol. The van der Waals surface area contributed by atoms with E-state index in [1.54, 1.807) is 18.5 Å². The summed E-state index contributed by atoms with van der Waals surface area (Å²) in [6.45, 7) is 1.39. The van der Waals surface area contributed by atoms with Gasteiger partial charge >= 0.3 is 0 Å². The number of para-hydroxylation sites is 2. The van der Waals surface area contributed by atoms with Crippen molar-refractivity contribution in [2.75, 3.05) is 26.3 Å². The van der Waals surface area contributed by atoms with E-state index in [9.17, 15) is 9.90 Å². The average molecular weight is 361 g/mol. The second kappa shape index (κ2) is 6.03. The molecule has 136 valence electrons. The van der Waals surface area contributed by atoms with Gasteiger partial charge in [0.05, 0.1) is 29.7 Å². The van der Waals surface area contributed by atoms with Crippen LogP contribution in [0.25, 0.3) is 11.0 Å². The number of hydrogen-bond acceptors (Lipinski definition) is 5. The highest BCUT2D eigenvalue weighted by molar-refractivity contribution is 6.04. The number of aliphatic hydroxyl groups is 1. The Hall–Kier alpha value is -2.99. The number of fused-ring (bicyclic) bond motifs is 4. The predicted molar refractivity (Wildman–Crippen MR) is 99.6 cm³/mol. The van der Waals surface area contributed by atoms with E-state index in [1.807, 2.05) is 41.3 Å².